The van der Waals surface area contributed by atoms with E-state index in [0.29, 0.717) is 25.6 Å². The summed E-state index contributed by atoms with van der Waals surface area (Å²) in [6.45, 7) is 6.22. The Kier molecular flexibility index (Phi) is 5.96. The van der Waals surface area contributed by atoms with Crippen LogP contribution in [0.1, 0.15) is 18.1 Å². The van der Waals surface area contributed by atoms with Crippen molar-refractivity contribution in [3.8, 4) is 0 Å². The number of aryl methyl sites for hydroxylation is 1. The Morgan fingerprint density at radius 3 is 2.74 bits per heavy atom. The fraction of sp³-hybridized carbons (Fsp3) is 0.438. The van der Waals surface area contributed by atoms with Gasteiger partial charge in [0.25, 0.3) is 0 Å². The number of aliphatic imine (C=N–C) groups is 1. The number of imide groups is 1. The van der Waals surface area contributed by atoms with Crippen LogP contribution in [0.2, 0.25) is 0 Å². The van der Waals surface area contributed by atoms with Crippen molar-refractivity contribution in [3.63, 3.8) is 0 Å². The van der Waals surface area contributed by atoms with E-state index >= 15 is 0 Å². The van der Waals surface area contributed by atoms with Crippen molar-refractivity contribution in [1.82, 2.24) is 20.9 Å². The number of benzene rings is 1. The highest BCUT2D eigenvalue weighted by Gasteiger charge is 2.27. The maximum Gasteiger partial charge on any atom is 0.324 e. The zero-order valence-corrected chi connectivity index (χ0v) is 13.6. The third kappa shape index (κ3) is 4.70. The molecule has 1 aromatic carbocycles. The van der Waals surface area contributed by atoms with Crippen LogP contribution in [0.3, 0.4) is 0 Å². The fourth-order valence-corrected chi connectivity index (χ4v) is 2.26. The smallest absolute Gasteiger partial charge is 0.324 e. The molecule has 1 aliphatic heterocycles. The van der Waals surface area contributed by atoms with Crippen molar-refractivity contribution in [3.05, 3.63) is 35.4 Å². The van der Waals surface area contributed by atoms with E-state index in [-0.39, 0.29) is 18.5 Å². The molecule has 0 spiro atoms. The number of carbonyl (C=O) groups excluding carboxylic acids is 2. The summed E-state index contributed by atoms with van der Waals surface area (Å²) in [6.07, 6.45) is 0. The van der Waals surface area contributed by atoms with Gasteiger partial charge in [0, 0.05) is 19.6 Å². The zero-order valence-electron chi connectivity index (χ0n) is 13.6. The molecule has 0 saturated carbocycles. The second-order valence-electron chi connectivity index (χ2n) is 5.25. The van der Waals surface area contributed by atoms with Gasteiger partial charge in [-0.2, -0.15) is 0 Å². The van der Waals surface area contributed by atoms with Crippen LogP contribution in [0.4, 0.5) is 4.79 Å². The first-order chi connectivity index (χ1) is 11.1. The Bertz CT molecular complexity index is 584. The maximum absolute atomic E-state index is 11.5. The first-order valence-corrected chi connectivity index (χ1v) is 7.76. The SMILES string of the molecule is CCNC(=NCc1ccccc1C)NCCN1C(=O)CNC1=O. The van der Waals surface area contributed by atoms with Gasteiger partial charge < -0.3 is 16.0 Å². The van der Waals surface area contributed by atoms with E-state index in [2.05, 4.69) is 40.0 Å². The number of carbonyl (C=O) groups is 2. The summed E-state index contributed by atoms with van der Waals surface area (Å²) in [7, 11) is 0. The number of guanidine groups is 1. The number of hydrogen-bond donors (Lipinski definition) is 3. The number of urea groups is 1. The summed E-state index contributed by atoms with van der Waals surface area (Å²) in [5.74, 6) is 0.474. The molecule has 0 radical (unpaired) electrons. The molecule has 1 heterocycles. The number of hydrogen-bond acceptors (Lipinski definition) is 3. The van der Waals surface area contributed by atoms with Crippen molar-refractivity contribution < 1.29 is 9.59 Å². The first kappa shape index (κ1) is 16.8. The van der Waals surface area contributed by atoms with Crippen LogP contribution in [0.25, 0.3) is 0 Å². The third-order valence-electron chi connectivity index (χ3n) is 3.58. The molecule has 1 aliphatic rings. The summed E-state index contributed by atoms with van der Waals surface area (Å²) < 4.78 is 0. The lowest BCUT2D eigenvalue weighted by atomic mass is 10.1. The number of nitrogens with one attached hydrogen (secondary N) is 3. The molecule has 1 saturated heterocycles. The summed E-state index contributed by atoms with van der Waals surface area (Å²) >= 11 is 0. The molecule has 7 nitrogen and oxygen atoms in total. The fourth-order valence-electron chi connectivity index (χ4n) is 2.26. The molecule has 0 bridgehead atoms. The van der Waals surface area contributed by atoms with Crippen LogP contribution in [0.5, 0.6) is 0 Å². The predicted molar refractivity (Wildman–Crippen MR) is 89.1 cm³/mol. The summed E-state index contributed by atoms with van der Waals surface area (Å²) in [4.78, 5) is 28.7. The van der Waals surface area contributed by atoms with Gasteiger partial charge in [-0.15, -0.1) is 0 Å². The second kappa shape index (κ2) is 8.17. The van der Waals surface area contributed by atoms with Gasteiger partial charge in [0.05, 0.1) is 13.1 Å². The van der Waals surface area contributed by atoms with E-state index in [4.69, 9.17) is 0 Å². The standard InChI is InChI=1S/C16H23N5O2/c1-3-17-15(19-10-13-7-5-4-6-12(13)2)18-8-9-21-14(22)11-20-16(21)23/h4-7H,3,8-11H2,1-2H3,(H,20,23)(H2,17,18,19). The van der Waals surface area contributed by atoms with Crippen molar-refractivity contribution in [2.75, 3.05) is 26.2 Å². The van der Waals surface area contributed by atoms with Crippen LogP contribution in [0, 0.1) is 6.92 Å². The van der Waals surface area contributed by atoms with E-state index < -0.39 is 0 Å². The van der Waals surface area contributed by atoms with Gasteiger partial charge in [0.15, 0.2) is 5.96 Å². The Morgan fingerprint density at radius 1 is 1.30 bits per heavy atom. The van der Waals surface area contributed by atoms with E-state index in [1.807, 2.05) is 19.1 Å². The van der Waals surface area contributed by atoms with Crippen LogP contribution in [-0.4, -0.2) is 49.0 Å². The molecule has 1 fully saturated rings. The Hall–Kier alpha value is -2.57. The van der Waals surface area contributed by atoms with Crippen LogP contribution in [0.15, 0.2) is 29.3 Å². The highest BCUT2D eigenvalue weighted by molar-refractivity contribution is 6.01. The van der Waals surface area contributed by atoms with Gasteiger partial charge in [-0.1, -0.05) is 24.3 Å². The lowest BCUT2D eigenvalue weighted by Crippen LogP contribution is -2.43. The van der Waals surface area contributed by atoms with E-state index in [9.17, 15) is 9.59 Å². The average molecular weight is 317 g/mol. The van der Waals surface area contributed by atoms with Gasteiger partial charge in [-0.25, -0.2) is 9.79 Å². The Balaban J connectivity index is 1.88. The number of amides is 3. The van der Waals surface area contributed by atoms with Crippen molar-refractivity contribution in [2.24, 2.45) is 4.99 Å². The Labute approximate surface area is 136 Å². The molecule has 0 aliphatic carbocycles. The van der Waals surface area contributed by atoms with Gasteiger partial charge in [0.1, 0.15) is 0 Å². The van der Waals surface area contributed by atoms with Crippen molar-refractivity contribution in [1.29, 1.82) is 0 Å². The molecule has 1 aromatic rings. The van der Waals surface area contributed by atoms with E-state index in [1.54, 1.807) is 0 Å². The molecule has 124 valence electrons. The summed E-state index contributed by atoms with van der Waals surface area (Å²) in [6, 6.07) is 7.77. The second-order valence-corrected chi connectivity index (χ2v) is 5.25. The summed E-state index contributed by atoms with van der Waals surface area (Å²) in [5, 5.41) is 8.80. The normalized spacial score (nSPS) is 14.9. The topological polar surface area (TPSA) is 85.8 Å². The van der Waals surface area contributed by atoms with Gasteiger partial charge in [-0.05, 0) is 25.0 Å². The minimum atomic E-state index is -0.335. The Morgan fingerprint density at radius 2 is 2.09 bits per heavy atom. The van der Waals surface area contributed by atoms with E-state index in [1.165, 1.54) is 16.0 Å². The third-order valence-corrected chi connectivity index (χ3v) is 3.58. The van der Waals surface area contributed by atoms with Crippen LogP contribution < -0.4 is 16.0 Å². The minimum absolute atomic E-state index is 0.0836. The van der Waals surface area contributed by atoms with Gasteiger partial charge >= 0.3 is 6.03 Å². The van der Waals surface area contributed by atoms with Crippen molar-refractivity contribution in [2.45, 2.75) is 20.4 Å². The number of rotatable bonds is 6. The average Bonchev–Trinajstić information content (AvgIpc) is 2.85. The van der Waals surface area contributed by atoms with Gasteiger partial charge in [-0.3, -0.25) is 9.69 Å². The molecule has 3 N–H and O–H groups in total. The molecule has 2 rings (SSSR count). The highest BCUT2D eigenvalue weighted by atomic mass is 16.2. The van der Waals surface area contributed by atoms with Gasteiger partial charge in [0.2, 0.25) is 5.91 Å². The van der Waals surface area contributed by atoms with E-state index in [0.717, 1.165) is 6.54 Å². The molecule has 23 heavy (non-hydrogen) atoms. The van der Waals surface area contributed by atoms with Crippen molar-refractivity contribution >= 4 is 17.9 Å². The maximum atomic E-state index is 11.5. The lowest BCUT2D eigenvalue weighted by Gasteiger charge is -2.15. The zero-order chi connectivity index (χ0) is 16.7. The predicted octanol–water partition coefficient (Wildman–Crippen LogP) is 0.602. The molecular weight excluding hydrogens is 294 g/mol. The molecule has 0 aromatic heterocycles. The quantitative estimate of drug-likeness (QED) is 0.407. The first-order valence-electron chi connectivity index (χ1n) is 7.76. The minimum Gasteiger partial charge on any atom is -0.357 e. The monoisotopic (exact) mass is 317 g/mol. The largest absolute Gasteiger partial charge is 0.357 e. The lowest BCUT2D eigenvalue weighted by molar-refractivity contribution is -0.124. The van der Waals surface area contributed by atoms with Crippen LogP contribution in [-0.2, 0) is 11.3 Å². The van der Waals surface area contributed by atoms with Crippen LogP contribution >= 0.6 is 0 Å². The number of nitrogens with zero attached hydrogens (tertiary/aromatic N) is 2. The molecule has 0 unspecified atom stereocenters. The highest BCUT2D eigenvalue weighted by Crippen LogP contribution is 2.07. The molecular formula is C16H23N5O2. The molecule has 7 heteroatoms. The summed E-state index contributed by atoms with van der Waals surface area (Å²) in [5.41, 5.74) is 2.37. The molecule has 0 atom stereocenters. The molecule has 3 amide bonds.